The number of hydrogen-bond acceptors (Lipinski definition) is 2. The first kappa shape index (κ1) is 15.3. The molecule has 19 heavy (non-hydrogen) atoms. The van der Waals surface area contributed by atoms with Crippen molar-refractivity contribution in [2.75, 3.05) is 20.2 Å². The second-order valence-corrected chi connectivity index (χ2v) is 4.40. The Bertz CT molecular complexity index is 421. The summed E-state index contributed by atoms with van der Waals surface area (Å²) in [6.45, 7) is 5.78. The van der Waals surface area contributed by atoms with Crippen molar-refractivity contribution in [3.63, 3.8) is 0 Å². The van der Waals surface area contributed by atoms with Crippen LogP contribution in [-0.2, 0) is 4.79 Å². The van der Waals surface area contributed by atoms with Gasteiger partial charge in [0.1, 0.15) is 5.75 Å². The van der Waals surface area contributed by atoms with Crippen LogP contribution in [0.3, 0.4) is 0 Å². The molecular weight excluding hydrogens is 238 g/mol. The van der Waals surface area contributed by atoms with E-state index < -0.39 is 0 Å². The summed E-state index contributed by atoms with van der Waals surface area (Å²) in [4.78, 5) is 14.0. The van der Waals surface area contributed by atoms with Crippen LogP contribution in [0.15, 0.2) is 30.3 Å². The Morgan fingerprint density at radius 2 is 1.84 bits per heavy atom. The highest BCUT2D eigenvalue weighted by molar-refractivity contribution is 5.92. The molecule has 0 N–H and O–H groups in total. The van der Waals surface area contributed by atoms with E-state index in [9.17, 15) is 4.79 Å². The van der Waals surface area contributed by atoms with Gasteiger partial charge in [-0.15, -0.1) is 0 Å². The van der Waals surface area contributed by atoms with Gasteiger partial charge in [-0.2, -0.15) is 0 Å². The third kappa shape index (κ3) is 4.78. The number of rotatable bonds is 7. The smallest absolute Gasteiger partial charge is 0.246 e. The third-order valence-corrected chi connectivity index (χ3v) is 2.84. The molecule has 0 atom stereocenters. The molecule has 0 bridgehead atoms. The minimum atomic E-state index is 0.0645. The predicted molar refractivity (Wildman–Crippen MR) is 79.2 cm³/mol. The van der Waals surface area contributed by atoms with Crippen molar-refractivity contribution in [1.82, 2.24) is 4.90 Å². The van der Waals surface area contributed by atoms with E-state index >= 15 is 0 Å². The van der Waals surface area contributed by atoms with Crippen molar-refractivity contribution >= 4 is 12.0 Å². The summed E-state index contributed by atoms with van der Waals surface area (Å²) in [6.07, 6.45) is 5.41. The number of amides is 1. The van der Waals surface area contributed by atoms with Crippen molar-refractivity contribution in [2.24, 2.45) is 0 Å². The van der Waals surface area contributed by atoms with Gasteiger partial charge < -0.3 is 9.64 Å². The lowest BCUT2D eigenvalue weighted by molar-refractivity contribution is -0.126. The van der Waals surface area contributed by atoms with Gasteiger partial charge in [-0.05, 0) is 25.0 Å². The Hall–Kier alpha value is -1.77. The maximum Gasteiger partial charge on any atom is 0.246 e. The van der Waals surface area contributed by atoms with Gasteiger partial charge >= 0.3 is 0 Å². The van der Waals surface area contributed by atoms with Gasteiger partial charge in [0, 0.05) is 24.7 Å². The molecule has 1 aromatic rings. The first-order chi connectivity index (χ1) is 9.22. The second-order valence-electron chi connectivity index (χ2n) is 4.40. The summed E-state index contributed by atoms with van der Waals surface area (Å²) in [6, 6.07) is 7.67. The first-order valence-electron chi connectivity index (χ1n) is 6.82. The maximum absolute atomic E-state index is 12.1. The summed E-state index contributed by atoms with van der Waals surface area (Å²) < 4.78 is 5.26. The minimum Gasteiger partial charge on any atom is -0.496 e. The van der Waals surface area contributed by atoms with Crippen LogP contribution in [0.4, 0.5) is 0 Å². The van der Waals surface area contributed by atoms with Gasteiger partial charge in [0.2, 0.25) is 5.91 Å². The molecule has 0 saturated heterocycles. The average molecular weight is 261 g/mol. The summed E-state index contributed by atoms with van der Waals surface area (Å²) in [5.74, 6) is 0.846. The van der Waals surface area contributed by atoms with Crippen molar-refractivity contribution in [2.45, 2.75) is 26.7 Å². The van der Waals surface area contributed by atoms with E-state index in [1.807, 2.05) is 35.2 Å². The Kier molecular flexibility index (Phi) is 6.72. The normalized spacial score (nSPS) is 10.7. The number of hydrogen-bond donors (Lipinski definition) is 0. The van der Waals surface area contributed by atoms with Crippen LogP contribution in [0.1, 0.15) is 32.3 Å². The van der Waals surface area contributed by atoms with E-state index in [2.05, 4.69) is 13.8 Å². The molecule has 0 radical (unpaired) electrons. The van der Waals surface area contributed by atoms with E-state index in [0.29, 0.717) is 0 Å². The zero-order chi connectivity index (χ0) is 14.1. The molecule has 0 fully saturated rings. The lowest BCUT2D eigenvalue weighted by Gasteiger charge is -2.19. The molecule has 0 heterocycles. The molecule has 0 spiro atoms. The lowest BCUT2D eigenvalue weighted by atomic mass is 10.2. The topological polar surface area (TPSA) is 29.5 Å². The summed E-state index contributed by atoms with van der Waals surface area (Å²) >= 11 is 0. The number of carbonyl (C=O) groups is 1. The zero-order valence-electron chi connectivity index (χ0n) is 12.1. The summed E-state index contributed by atoms with van der Waals surface area (Å²) in [5, 5.41) is 0. The molecule has 104 valence electrons. The molecular formula is C16H23NO2. The van der Waals surface area contributed by atoms with Gasteiger partial charge in [0.05, 0.1) is 7.11 Å². The summed E-state index contributed by atoms with van der Waals surface area (Å²) in [5.41, 5.74) is 0.922. The van der Waals surface area contributed by atoms with Crippen LogP contribution in [-0.4, -0.2) is 31.0 Å². The van der Waals surface area contributed by atoms with Crippen LogP contribution in [0.5, 0.6) is 5.75 Å². The molecule has 1 rings (SSSR count). The van der Waals surface area contributed by atoms with Crippen molar-refractivity contribution < 1.29 is 9.53 Å². The highest BCUT2D eigenvalue weighted by atomic mass is 16.5. The largest absolute Gasteiger partial charge is 0.496 e. The van der Waals surface area contributed by atoms with Crippen molar-refractivity contribution in [3.8, 4) is 5.75 Å². The Morgan fingerprint density at radius 3 is 2.42 bits per heavy atom. The van der Waals surface area contributed by atoms with E-state index in [-0.39, 0.29) is 5.91 Å². The number of ether oxygens (including phenoxy) is 1. The molecule has 0 unspecified atom stereocenters. The van der Waals surface area contributed by atoms with E-state index in [1.165, 1.54) is 0 Å². The standard InChI is InChI=1S/C16H23NO2/c1-4-12-17(13-5-2)16(18)11-10-14-8-6-7-9-15(14)19-3/h6-11H,4-5,12-13H2,1-3H3/b11-10+. The van der Waals surface area contributed by atoms with Crippen LogP contribution >= 0.6 is 0 Å². The van der Waals surface area contributed by atoms with Crippen LogP contribution in [0, 0.1) is 0 Å². The molecule has 1 amide bonds. The van der Waals surface area contributed by atoms with Crippen LogP contribution in [0.25, 0.3) is 6.08 Å². The fourth-order valence-corrected chi connectivity index (χ4v) is 1.94. The number of nitrogens with zero attached hydrogens (tertiary/aromatic N) is 1. The van der Waals surface area contributed by atoms with Gasteiger partial charge in [0.15, 0.2) is 0 Å². The molecule has 0 aromatic heterocycles. The molecule has 0 aliphatic heterocycles. The van der Waals surface area contributed by atoms with Gasteiger partial charge in [-0.25, -0.2) is 0 Å². The molecule has 0 aliphatic rings. The van der Waals surface area contributed by atoms with Crippen LogP contribution < -0.4 is 4.74 Å². The third-order valence-electron chi connectivity index (χ3n) is 2.84. The molecule has 0 saturated carbocycles. The fraction of sp³-hybridized carbons (Fsp3) is 0.438. The Labute approximate surface area is 115 Å². The highest BCUT2D eigenvalue weighted by Gasteiger charge is 2.08. The van der Waals surface area contributed by atoms with E-state index in [4.69, 9.17) is 4.74 Å². The second kappa shape index (κ2) is 8.35. The summed E-state index contributed by atoms with van der Waals surface area (Å²) in [7, 11) is 1.63. The lowest BCUT2D eigenvalue weighted by Crippen LogP contribution is -2.30. The van der Waals surface area contributed by atoms with Gasteiger partial charge in [0.25, 0.3) is 0 Å². The Morgan fingerprint density at radius 1 is 1.21 bits per heavy atom. The predicted octanol–water partition coefficient (Wildman–Crippen LogP) is 3.36. The first-order valence-corrected chi connectivity index (χ1v) is 6.82. The minimum absolute atomic E-state index is 0.0645. The highest BCUT2D eigenvalue weighted by Crippen LogP contribution is 2.18. The molecule has 1 aromatic carbocycles. The van der Waals surface area contributed by atoms with Crippen molar-refractivity contribution in [1.29, 1.82) is 0 Å². The fourth-order valence-electron chi connectivity index (χ4n) is 1.94. The zero-order valence-corrected chi connectivity index (χ0v) is 12.1. The van der Waals surface area contributed by atoms with E-state index in [0.717, 1.165) is 37.2 Å². The Balaban J connectivity index is 2.76. The molecule has 0 aliphatic carbocycles. The van der Waals surface area contributed by atoms with E-state index in [1.54, 1.807) is 13.2 Å². The van der Waals surface area contributed by atoms with Crippen LogP contribution in [0.2, 0.25) is 0 Å². The maximum atomic E-state index is 12.1. The van der Waals surface area contributed by atoms with Gasteiger partial charge in [-0.1, -0.05) is 32.0 Å². The quantitative estimate of drug-likeness (QED) is 0.704. The van der Waals surface area contributed by atoms with Gasteiger partial charge in [-0.3, -0.25) is 4.79 Å². The molecule has 3 nitrogen and oxygen atoms in total. The number of methoxy groups -OCH3 is 1. The number of carbonyl (C=O) groups excluding carboxylic acids is 1. The average Bonchev–Trinajstić information content (AvgIpc) is 2.44. The van der Waals surface area contributed by atoms with Crippen molar-refractivity contribution in [3.05, 3.63) is 35.9 Å². The number of benzene rings is 1. The molecule has 3 heteroatoms. The SMILES string of the molecule is CCCN(CCC)C(=O)/C=C/c1ccccc1OC. The number of para-hydroxylation sites is 1. The monoisotopic (exact) mass is 261 g/mol.